The molecule has 0 saturated carbocycles. The van der Waals surface area contributed by atoms with Gasteiger partial charge in [-0.15, -0.1) is 0 Å². The predicted octanol–water partition coefficient (Wildman–Crippen LogP) is 1.85. The van der Waals surface area contributed by atoms with Crippen molar-refractivity contribution in [2.75, 3.05) is 26.2 Å². The van der Waals surface area contributed by atoms with E-state index in [9.17, 15) is 4.79 Å². The van der Waals surface area contributed by atoms with E-state index in [1.54, 1.807) is 0 Å². The van der Waals surface area contributed by atoms with Crippen LogP contribution in [-0.4, -0.2) is 47.9 Å². The lowest BCUT2D eigenvalue weighted by atomic mass is 10.1. The highest BCUT2D eigenvalue weighted by atomic mass is 16.2. The van der Waals surface area contributed by atoms with Crippen molar-refractivity contribution in [1.29, 1.82) is 0 Å². The van der Waals surface area contributed by atoms with Gasteiger partial charge < -0.3 is 10.6 Å². The van der Waals surface area contributed by atoms with Gasteiger partial charge in [0.2, 0.25) is 0 Å². The van der Waals surface area contributed by atoms with Crippen molar-refractivity contribution in [2.24, 2.45) is 5.73 Å². The van der Waals surface area contributed by atoms with Gasteiger partial charge in [0.1, 0.15) is 0 Å². The van der Waals surface area contributed by atoms with Gasteiger partial charge in [-0.05, 0) is 56.5 Å². The monoisotopic (exact) mass is 287 g/mol. The number of amides is 1. The summed E-state index contributed by atoms with van der Waals surface area (Å²) in [6.07, 6.45) is 4.70. The van der Waals surface area contributed by atoms with Crippen LogP contribution in [-0.2, 0) is 6.54 Å². The van der Waals surface area contributed by atoms with E-state index in [1.165, 1.54) is 31.5 Å². The molecule has 2 heterocycles. The Morgan fingerprint density at radius 1 is 1.19 bits per heavy atom. The summed E-state index contributed by atoms with van der Waals surface area (Å²) in [7, 11) is 0. The van der Waals surface area contributed by atoms with Gasteiger partial charge in [0.05, 0.1) is 0 Å². The van der Waals surface area contributed by atoms with Crippen LogP contribution in [0.4, 0.5) is 0 Å². The van der Waals surface area contributed by atoms with E-state index >= 15 is 0 Å². The average Bonchev–Trinajstić information content (AvgIpc) is 3.17. The van der Waals surface area contributed by atoms with E-state index in [4.69, 9.17) is 5.73 Å². The Hall–Kier alpha value is -1.39. The lowest BCUT2D eigenvalue weighted by molar-refractivity contribution is 0.0741. The summed E-state index contributed by atoms with van der Waals surface area (Å²) in [5.41, 5.74) is 7.83. The summed E-state index contributed by atoms with van der Waals surface area (Å²) in [6.45, 7) is 4.73. The fourth-order valence-corrected chi connectivity index (χ4v) is 3.52. The molecular formula is C17H25N3O. The third kappa shape index (κ3) is 3.27. The number of carbonyl (C=O) groups is 1. The maximum Gasteiger partial charge on any atom is 0.254 e. The Bertz CT molecular complexity index is 497. The molecule has 1 aromatic rings. The van der Waals surface area contributed by atoms with Crippen LogP contribution in [0, 0.1) is 0 Å². The van der Waals surface area contributed by atoms with Gasteiger partial charge in [-0.25, -0.2) is 0 Å². The topological polar surface area (TPSA) is 49.6 Å². The molecule has 0 radical (unpaired) electrons. The van der Waals surface area contributed by atoms with Crippen LogP contribution in [0.2, 0.25) is 0 Å². The lowest BCUT2D eigenvalue weighted by Crippen LogP contribution is -2.39. The van der Waals surface area contributed by atoms with E-state index in [2.05, 4.69) is 17.0 Å². The van der Waals surface area contributed by atoms with E-state index in [0.29, 0.717) is 6.54 Å². The first kappa shape index (κ1) is 14.5. The molecule has 0 bridgehead atoms. The Morgan fingerprint density at radius 3 is 2.76 bits per heavy atom. The molecule has 1 aromatic carbocycles. The first-order chi connectivity index (χ1) is 10.3. The number of nitrogens with two attached hydrogens (primary N) is 1. The van der Waals surface area contributed by atoms with Crippen LogP contribution >= 0.6 is 0 Å². The number of nitrogens with zero attached hydrogens (tertiary/aromatic N) is 2. The molecule has 0 aliphatic carbocycles. The molecule has 4 nitrogen and oxygen atoms in total. The standard InChI is InChI=1S/C17H25N3O/c18-12-16-7-4-10-20(16)17(21)15-6-3-5-14(11-15)13-19-8-1-2-9-19/h3,5-6,11,16H,1-2,4,7-10,12-13,18H2. The Balaban J connectivity index is 1.71. The second-order valence-electron chi connectivity index (χ2n) is 6.21. The van der Waals surface area contributed by atoms with Crippen LogP contribution in [0.15, 0.2) is 24.3 Å². The van der Waals surface area contributed by atoms with Crippen molar-refractivity contribution in [3.05, 3.63) is 35.4 Å². The minimum absolute atomic E-state index is 0.145. The molecule has 2 fully saturated rings. The summed E-state index contributed by atoms with van der Waals surface area (Å²) >= 11 is 0. The van der Waals surface area contributed by atoms with Gasteiger partial charge in [0.25, 0.3) is 5.91 Å². The molecule has 2 N–H and O–H groups in total. The number of hydrogen-bond donors (Lipinski definition) is 1. The van der Waals surface area contributed by atoms with E-state index < -0.39 is 0 Å². The third-order valence-corrected chi connectivity index (χ3v) is 4.69. The normalized spacial score (nSPS) is 22.9. The number of likely N-dealkylation sites (tertiary alicyclic amines) is 2. The van der Waals surface area contributed by atoms with E-state index in [-0.39, 0.29) is 11.9 Å². The Morgan fingerprint density at radius 2 is 2.00 bits per heavy atom. The molecule has 1 amide bonds. The van der Waals surface area contributed by atoms with Crippen molar-refractivity contribution >= 4 is 5.91 Å². The SMILES string of the molecule is NCC1CCCN1C(=O)c1cccc(CN2CCCC2)c1. The van der Waals surface area contributed by atoms with Crippen molar-refractivity contribution in [1.82, 2.24) is 9.80 Å². The molecule has 0 spiro atoms. The quantitative estimate of drug-likeness (QED) is 0.919. The Kier molecular flexibility index (Phi) is 4.56. The zero-order valence-corrected chi connectivity index (χ0v) is 12.6. The molecule has 1 unspecified atom stereocenters. The van der Waals surface area contributed by atoms with Crippen molar-refractivity contribution in [3.8, 4) is 0 Å². The highest BCUT2D eigenvalue weighted by Crippen LogP contribution is 2.20. The number of benzene rings is 1. The van der Waals surface area contributed by atoms with Crippen LogP contribution < -0.4 is 5.73 Å². The first-order valence-electron chi connectivity index (χ1n) is 8.10. The summed E-state index contributed by atoms with van der Waals surface area (Å²) in [6, 6.07) is 8.35. The third-order valence-electron chi connectivity index (χ3n) is 4.69. The van der Waals surface area contributed by atoms with Gasteiger partial charge >= 0.3 is 0 Å². The van der Waals surface area contributed by atoms with Crippen molar-refractivity contribution in [2.45, 2.75) is 38.3 Å². The number of carbonyl (C=O) groups excluding carboxylic acids is 1. The van der Waals surface area contributed by atoms with Gasteiger partial charge in [-0.1, -0.05) is 12.1 Å². The molecule has 4 heteroatoms. The molecule has 2 aliphatic heterocycles. The molecular weight excluding hydrogens is 262 g/mol. The summed E-state index contributed by atoms with van der Waals surface area (Å²) in [5, 5.41) is 0. The van der Waals surface area contributed by atoms with Crippen molar-refractivity contribution < 1.29 is 4.79 Å². The zero-order chi connectivity index (χ0) is 14.7. The second kappa shape index (κ2) is 6.58. The molecule has 114 valence electrons. The van der Waals surface area contributed by atoms with Crippen LogP contribution in [0.5, 0.6) is 0 Å². The van der Waals surface area contributed by atoms with Crippen LogP contribution in [0.1, 0.15) is 41.6 Å². The molecule has 3 rings (SSSR count). The van der Waals surface area contributed by atoms with Crippen LogP contribution in [0.25, 0.3) is 0 Å². The minimum Gasteiger partial charge on any atom is -0.334 e. The number of hydrogen-bond acceptors (Lipinski definition) is 3. The maximum atomic E-state index is 12.7. The van der Waals surface area contributed by atoms with E-state index in [1.807, 2.05) is 17.0 Å². The zero-order valence-electron chi connectivity index (χ0n) is 12.6. The van der Waals surface area contributed by atoms with Gasteiger partial charge in [-0.2, -0.15) is 0 Å². The van der Waals surface area contributed by atoms with Gasteiger partial charge in [0, 0.05) is 31.2 Å². The number of rotatable bonds is 4. The van der Waals surface area contributed by atoms with E-state index in [0.717, 1.165) is 31.5 Å². The van der Waals surface area contributed by atoms with Gasteiger partial charge in [-0.3, -0.25) is 9.69 Å². The molecule has 2 aliphatic rings. The van der Waals surface area contributed by atoms with Gasteiger partial charge in [0.15, 0.2) is 0 Å². The first-order valence-corrected chi connectivity index (χ1v) is 8.10. The minimum atomic E-state index is 0.145. The summed E-state index contributed by atoms with van der Waals surface area (Å²) < 4.78 is 0. The average molecular weight is 287 g/mol. The second-order valence-corrected chi connectivity index (χ2v) is 6.21. The smallest absolute Gasteiger partial charge is 0.254 e. The van der Waals surface area contributed by atoms with Crippen LogP contribution in [0.3, 0.4) is 0 Å². The summed E-state index contributed by atoms with van der Waals surface area (Å²) in [4.78, 5) is 17.1. The van der Waals surface area contributed by atoms with Crippen molar-refractivity contribution in [3.63, 3.8) is 0 Å². The molecule has 1 atom stereocenters. The Labute approximate surface area is 126 Å². The molecule has 0 aromatic heterocycles. The molecule has 2 saturated heterocycles. The predicted molar refractivity (Wildman–Crippen MR) is 84.1 cm³/mol. The highest BCUT2D eigenvalue weighted by Gasteiger charge is 2.28. The highest BCUT2D eigenvalue weighted by molar-refractivity contribution is 5.94. The fraction of sp³-hybridized carbons (Fsp3) is 0.588. The summed E-state index contributed by atoms with van der Waals surface area (Å²) in [5.74, 6) is 0.145. The largest absolute Gasteiger partial charge is 0.334 e. The molecule has 21 heavy (non-hydrogen) atoms. The lowest BCUT2D eigenvalue weighted by Gasteiger charge is -2.24. The maximum absolute atomic E-state index is 12.7. The fourth-order valence-electron chi connectivity index (χ4n) is 3.52.